The summed E-state index contributed by atoms with van der Waals surface area (Å²) in [5.74, 6) is -0.238. The third-order valence-electron chi connectivity index (χ3n) is 7.13. The fraction of sp³-hybridized carbons (Fsp3) is 0.692. The Bertz CT molecular complexity index is 918. The molecule has 2 fully saturated rings. The smallest absolute Gasteiger partial charge is 0.338 e. The number of likely N-dealkylation sites (N-methyl/N-ethyl adjacent to an activating group) is 1. The monoisotopic (exact) mass is 556 g/mol. The molecule has 12 heteroatoms. The van der Waals surface area contributed by atoms with Crippen LogP contribution >= 0.6 is 11.8 Å². The van der Waals surface area contributed by atoms with Gasteiger partial charge in [-0.1, -0.05) is 13.3 Å². The van der Waals surface area contributed by atoms with Gasteiger partial charge in [-0.05, 0) is 57.0 Å². The Morgan fingerprint density at radius 1 is 1.18 bits per heavy atom. The zero-order valence-electron chi connectivity index (χ0n) is 22.0. The van der Waals surface area contributed by atoms with Crippen molar-refractivity contribution < 1.29 is 44.6 Å². The molecule has 0 saturated carbocycles. The van der Waals surface area contributed by atoms with E-state index in [1.54, 1.807) is 0 Å². The second-order valence-corrected chi connectivity index (χ2v) is 11.3. The van der Waals surface area contributed by atoms with Gasteiger partial charge in [-0.3, -0.25) is 9.69 Å². The van der Waals surface area contributed by atoms with E-state index in [1.165, 1.54) is 31.2 Å². The van der Waals surface area contributed by atoms with E-state index in [0.29, 0.717) is 12.3 Å². The third kappa shape index (κ3) is 7.59. The predicted molar refractivity (Wildman–Crippen MR) is 141 cm³/mol. The maximum atomic E-state index is 13.1. The number of thioether (sulfide) groups is 1. The summed E-state index contributed by atoms with van der Waals surface area (Å²) in [6.07, 6.45) is -4.13. The van der Waals surface area contributed by atoms with E-state index in [4.69, 9.17) is 9.47 Å². The molecular weight excluding hydrogens is 516 g/mol. The molecule has 0 bridgehead atoms. The molecule has 11 nitrogen and oxygen atoms in total. The molecule has 2 heterocycles. The van der Waals surface area contributed by atoms with Crippen molar-refractivity contribution in [1.29, 1.82) is 0 Å². The van der Waals surface area contributed by atoms with Crippen molar-refractivity contribution in [3.05, 3.63) is 29.8 Å². The summed E-state index contributed by atoms with van der Waals surface area (Å²) in [4.78, 5) is 27.2. The van der Waals surface area contributed by atoms with E-state index in [2.05, 4.69) is 12.2 Å². The van der Waals surface area contributed by atoms with Crippen LogP contribution in [0.3, 0.4) is 0 Å². The number of phenols is 1. The summed E-state index contributed by atoms with van der Waals surface area (Å²) in [7, 11) is 1.88. The Morgan fingerprint density at radius 3 is 2.50 bits per heavy atom. The highest BCUT2D eigenvalue weighted by Crippen LogP contribution is 2.31. The Balaban J connectivity index is 1.58. The number of esters is 1. The lowest BCUT2D eigenvalue weighted by atomic mass is 9.92. The molecule has 9 atom stereocenters. The van der Waals surface area contributed by atoms with E-state index in [-0.39, 0.29) is 35.6 Å². The first-order valence-electron chi connectivity index (χ1n) is 13.0. The van der Waals surface area contributed by atoms with Crippen molar-refractivity contribution in [1.82, 2.24) is 10.2 Å². The minimum absolute atomic E-state index is 0.0240. The summed E-state index contributed by atoms with van der Waals surface area (Å²) in [6, 6.07) is 4.19. The highest BCUT2D eigenvalue weighted by atomic mass is 32.2. The highest BCUT2D eigenvalue weighted by molar-refractivity contribution is 7.99. The normalized spacial score (nSPS) is 31.5. The molecule has 2 saturated heterocycles. The minimum Gasteiger partial charge on any atom is -0.508 e. The van der Waals surface area contributed by atoms with Crippen LogP contribution in [0.1, 0.15) is 43.5 Å². The number of aliphatic hydroxyl groups is 4. The van der Waals surface area contributed by atoms with E-state index in [1.807, 2.05) is 11.9 Å². The first-order valence-corrected chi connectivity index (χ1v) is 14.0. The van der Waals surface area contributed by atoms with Gasteiger partial charge >= 0.3 is 5.97 Å². The first-order chi connectivity index (χ1) is 18.0. The summed E-state index contributed by atoms with van der Waals surface area (Å²) in [5, 5.41) is 54.3. The largest absolute Gasteiger partial charge is 0.508 e. The van der Waals surface area contributed by atoms with Crippen molar-refractivity contribution in [2.75, 3.05) is 26.0 Å². The van der Waals surface area contributed by atoms with Gasteiger partial charge in [-0.2, -0.15) is 0 Å². The van der Waals surface area contributed by atoms with Crippen LogP contribution in [0.15, 0.2) is 24.3 Å². The molecule has 38 heavy (non-hydrogen) atoms. The summed E-state index contributed by atoms with van der Waals surface area (Å²) < 4.78 is 11.1. The molecule has 0 aliphatic carbocycles. The summed E-state index contributed by atoms with van der Waals surface area (Å²) >= 11 is 1.07. The molecule has 2 aliphatic heterocycles. The van der Waals surface area contributed by atoms with Crippen molar-refractivity contribution in [3.63, 3.8) is 0 Å². The summed E-state index contributed by atoms with van der Waals surface area (Å²) in [6.45, 7) is 4.34. The number of nitrogens with one attached hydrogen (secondary N) is 1. The molecule has 0 unspecified atom stereocenters. The number of aromatic hydroxyl groups is 1. The highest BCUT2D eigenvalue weighted by Gasteiger charge is 2.48. The second kappa shape index (κ2) is 13.9. The number of benzene rings is 1. The molecule has 1 amide bonds. The van der Waals surface area contributed by atoms with Crippen LogP contribution in [0.4, 0.5) is 0 Å². The standard InChI is InChI=1S/C26H40N2O9S/c1-4-5-15-12-18(28(3)13-15)24(34)27-19(14(2)29)23-21(32)20(31)22(33)26(37-23)38-11-10-36-25(35)16-6-8-17(30)9-7-16/h6-9,14-15,18-23,26,29-33H,4-5,10-13H2,1-3H3,(H,27,34)/t14-,15-,18+,19-,20+,21-,22-,23-,26-/m1/s1. The first kappa shape index (κ1) is 30.6. The van der Waals surface area contributed by atoms with Crippen molar-refractivity contribution in [3.8, 4) is 5.75 Å². The van der Waals surface area contributed by atoms with Crippen LogP contribution in [-0.4, -0.2) is 116 Å². The third-order valence-corrected chi connectivity index (χ3v) is 8.25. The SMILES string of the molecule is CCC[C@@H]1C[C@@H](C(=O)N[C@@H]([C@H]2O[C@H](SCCOC(=O)c3ccc(O)cc3)[C@H](O)[C@@H](O)[C@H]2O)[C@@H](C)O)N(C)C1. The number of aliphatic hydroxyl groups excluding tert-OH is 4. The molecule has 1 aromatic carbocycles. The molecule has 3 rings (SSSR count). The number of amides is 1. The van der Waals surface area contributed by atoms with Gasteiger partial charge in [0.05, 0.1) is 23.8 Å². The minimum atomic E-state index is -1.58. The molecule has 1 aromatic rings. The van der Waals surface area contributed by atoms with Gasteiger partial charge in [-0.15, -0.1) is 11.8 Å². The molecule has 0 spiro atoms. The van der Waals surface area contributed by atoms with Crippen LogP contribution < -0.4 is 5.32 Å². The van der Waals surface area contributed by atoms with E-state index < -0.39 is 48.0 Å². The number of hydrogen-bond donors (Lipinski definition) is 6. The fourth-order valence-electron chi connectivity index (χ4n) is 5.05. The molecular formula is C26H40N2O9S. The van der Waals surface area contributed by atoms with Crippen molar-refractivity contribution in [2.24, 2.45) is 5.92 Å². The number of rotatable bonds is 11. The Morgan fingerprint density at radius 2 is 1.87 bits per heavy atom. The summed E-state index contributed by atoms with van der Waals surface area (Å²) in [5.41, 5.74) is -0.739. The number of likely N-dealkylation sites (tertiary alicyclic amines) is 1. The number of phenolic OH excluding ortho intramolecular Hbond substituents is 1. The van der Waals surface area contributed by atoms with Crippen LogP contribution in [0.2, 0.25) is 0 Å². The Hall–Kier alpha value is -1.93. The van der Waals surface area contributed by atoms with Gasteiger partial charge in [0.15, 0.2) is 0 Å². The number of carbonyl (C=O) groups is 2. The zero-order chi connectivity index (χ0) is 28.0. The molecule has 2 aliphatic rings. The Kier molecular flexibility index (Phi) is 11.2. The molecule has 214 valence electrons. The average molecular weight is 557 g/mol. The van der Waals surface area contributed by atoms with Gasteiger partial charge in [0.1, 0.15) is 42.2 Å². The quantitative estimate of drug-likeness (QED) is 0.161. The van der Waals surface area contributed by atoms with Crippen LogP contribution in [0.5, 0.6) is 5.75 Å². The molecule has 0 aromatic heterocycles. The number of nitrogens with zero attached hydrogens (tertiary/aromatic N) is 1. The van der Waals surface area contributed by atoms with Crippen molar-refractivity contribution >= 4 is 23.6 Å². The second-order valence-electron chi connectivity index (χ2n) is 10.1. The zero-order valence-corrected chi connectivity index (χ0v) is 22.8. The lowest BCUT2D eigenvalue weighted by Crippen LogP contribution is -2.65. The number of hydrogen-bond acceptors (Lipinski definition) is 11. The number of ether oxygens (including phenoxy) is 2. The lowest BCUT2D eigenvalue weighted by Gasteiger charge is -2.44. The van der Waals surface area contributed by atoms with E-state index >= 15 is 0 Å². The van der Waals surface area contributed by atoms with Crippen LogP contribution in [0, 0.1) is 5.92 Å². The predicted octanol–water partition coefficient (Wildman–Crippen LogP) is 0.0758. The van der Waals surface area contributed by atoms with Crippen LogP contribution in [0.25, 0.3) is 0 Å². The fourth-order valence-corrected chi connectivity index (χ4v) is 6.03. The lowest BCUT2D eigenvalue weighted by molar-refractivity contribution is -0.211. The van der Waals surface area contributed by atoms with E-state index in [0.717, 1.165) is 31.1 Å². The maximum absolute atomic E-state index is 13.1. The van der Waals surface area contributed by atoms with Crippen molar-refractivity contribution in [2.45, 2.75) is 81.1 Å². The Labute approximate surface area is 227 Å². The van der Waals surface area contributed by atoms with Gasteiger partial charge in [0, 0.05) is 12.3 Å². The average Bonchev–Trinajstić information content (AvgIpc) is 3.25. The van der Waals surface area contributed by atoms with Crippen LogP contribution in [-0.2, 0) is 14.3 Å². The van der Waals surface area contributed by atoms with Gasteiger partial charge < -0.3 is 40.3 Å². The van der Waals surface area contributed by atoms with E-state index in [9.17, 15) is 35.1 Å². The maximum Gasteiger partial charge on any atom is 0.338 e. The van der Waals surface area contributed by atoms with Gasteiger partial charge in [0.25, 0.3) is 0 Å². The molecule has 0 radical (unpaired) electrons. The van der Waals surface area contributed by atoms with Gasteiger partial charge in [-0.25, -0.2) is 4.79 Å². The topological polar surface area (TPSA) is 169 Å². The molecule has 6 N–H and O–H groups in total. The van der Waals surface area contributed by atoms with Gasteiger partial charge in [0.2, 0.25) is 5.91 Å². The number of carbonyl (C=O) groups excluding carboxylic acids is 2.